The van der Waals surface area contributed by atoms with Crippen molar-refractivity contribution in [3.05, 3.63) is 11.9 Å². The molecule has 0 saturated heterocycles. The van der Waals surface area contributed by atoms with E-state index in [0.29, 0.717) is 5.82 Å². The van der Waals surface area contributed by atoms with Crippen molar-refractivity contribution in [2.45, 2.75) is 27.2 Å². The molecule has 0 amide bonds. The van der Waals surface area contributed by atoms with Crippen molar-refractivity contribution < 1.29 is 4.74 Å². The van der Waals surface area contributed by atoms with Crippen LogP contribution in [0.25, 0.3) is 0 Å². The van der Waals surface area contributed by atoms with Crippen LogP contribution in [-0.2, 0) is 4.74 Å². The molecule has 3 N–H and O–H groups in total. The lowest BCUT2D eigenvalue weighted by Gasteiger charge is -2.25. The largest absolute Gasteiger partial charge is 0.385 e. The second kappa shape index (κ2) is 5.82. The Hall–Kier alpha value is -1.36. The minimum atomic E-state index is 0.155. The highest BCUT2D eigenvalue weighted by atomic mass is 16.5. The van der Waals surface area contributed by atoms with Gasteiger partial charge in [-0.2, -0.15) is 0 Å². The van der Waals surface area contributed by atoms with E-state index in [-0.39, 0.29) is 5.41 Å². The van der Waals surface area contributed by atoms with E-state index in [2.05, 4.69) is 29.1 Å². The van der Waals surface area contributed by atoms with Crippen LogP contribution in [0.4, 0.5) is 11.6 Å². The predicted molar refractivity (Wildman–Crippen MR) is 69.9 cm³/mol. The first-order chi connectivity index (χ1) is 7.96. The molecule has 1 heterocycles. The zero-order chi connectivity index (χ0) is 12.9. The summed E-state index contributed by atoms with van der Waals surface area (Å²) in [6.45, 7) is 7.89. The Morgan fingerprint density at radius 2 is 2.12 bits per heavy atom. The van der Waals surface area contributed by atoms with Gasteiger partial charge in [0.1, 0.15) is 18.0 Å². The molecule has 5 heteroatoms. The third kappa shape index (κ3) is 4.19. The van der Waals surface area contributed by atoms with Crippen LogP contribution in [0.1, 0.15) is 25.8 Å². The Balaban J connectivity index is 2.58. The Morgan fingerprint density at radius 1 is 1.41 bits per heavy atom. The summed E-state index contributed by atoms with van der Waals surface area (Å²) < 4.78 is 5.10. The topological polar surface area (TPSA) is 73.1 Å². The Kier molecular flexibility index (Phi) is 4.69. The summed E-state index contributed by atoms with van der Waals surface area (Å²) in [5.41, 5.74) is 6.78. The van der Waals surface area contributed by atoms with Crippen LogP contribution in [0.3, 0.4) is 0 Å². The molecule has 0 aliphatic carbocycles. The number of rotatable bonds is 6. The van der Waals surface area contributed by atoms with Crippen molar-refractivity contribution >= 4 is 11.6 Å². The number of aromatic nitrogens is 2. The van der Waals surface area contributed by atoms with Crippen LogP contribution in [0.15, 0.2) is 6.33 Å². The average Bonchev–Trinajstić information content (AvgIpc) is 2.29. The van der Waals surface area contributed by atoms with Gasteiger partial charge in [-0.1, -0.05) is 13.8 Å². The van der Waals surface area contributed by atoms with Crippen LogP contribution in [0, 0.1) is 12.3 Å². The smallest absolute Gasteiger partial charge is 0.134 e. The highest BCUT2D eigenvalue weighted by Crippen LogP contribution is 2.22. The number of hydrogen-bond donors (Lipinski definition) is 2. The molecule has 0 fully saturated rings. The summed E-state index contributed by atoms with van der Waals surface area (Å²) >= 11 is 0. The van der Waals surface area contributed by atoms with Crippen LogP contribution >= 0.6 is 0 Å². The second-order valence-electron chi connectivity index (χ2n) is 4.99. The lowest BCUT2D eigenvalue weighted by molar-refractivity contribution is 0.157. The molecule has 0 radical (unpaired) electrons. The molecule has 0 aliphatic heterocycles. The first-order valence-corrected chi connectivity index (χ1v) is 5.76. The van der Waals surface area contributed by atoms with Crippen molar-refractivity contribution in [2.75, 3.05) is 31.3 Å². The number of hydrogen-bond acceptors (Lipinski definition) is 5. The fourth-order valence-corrected chi connectivity index (χ4v) is 1.43. The van der Waals surface area contributed by atoms with Gasteiger partial charge in [-0.05, 0) is 18.8 Å². The zero-order valence-corrected chi connectivity index (χ0v) is 11.1. The lowest BCUT2D eigenvalue weighted by atomic mass is 9.90. The summed E-state index contributed by atoms with van der Waals surface area (Å²) in [5, 5.41) is 3.32. The molecule has 0 spiro atoms. The molecular formula is C12H22N4O. The minimum absolute atomic E-state index is 0.155. The molecule has 0 aliphatic rings. The monoisotopic (exact) mass is 238 g/mol. The van der Waals surface area contributed by atoms with E-state index in [1.165, 1.54) is 6.33 Å². The molecule has 5 nitrogen and oxygen atoms in total. The molecule has 0 saturated carbocycles. The highest BCUT2D eigenvalue weighted by molar-refractivity contribution is 5.53. The number of methoxy groups -OCH3 is 1. The van der Waals surface area contributed by atoms with E-state index in [4.69, 9.17) is 10.5 Å². The van der Waals surface area contributed by atoms with E-state index in [1.807, 2.05) is 6.92 Å². The third-order valence-electron chi connectivity index (χ3n) is 2.84. The van der Waals surface area contributed by atoms with E-state index < -0.39 is 0 Å². The summed E-state index contributed by atoms with van der Waals surface area (Å²) in [5.74, 6) is 1.33. The number of anilines is 2. The van der Waals surface area contributed by atoms with Crippen LogP contribution < -0.4 is 11.1 Å². The van der Waals surface area contributed by atoms with E-state index in [9.17, 15) is 0 Å². The van der Waals surface area contributed by atoms with Gasteiger partial charge in [-0.3, -0.25) is 0 Å². The molecule has 1 aromatic heterocycles. The summed E-state index contributed by atoms with van der Waals surface area (Å²) in [4.78, 5) is 8.13. The maximum atomic E-state index is 5.73. The quantitative estimate of drug-likeness (QED) is 0.791. The SMILES string of the molecule is COCCC(C)(C)CNc1ncnc(N)c1C. The first kappa shape index (κ1) is 13.7. The van der Waals surface area contributed by atoms with E-state index >= 15 is 0 Å². The molecule has 96 valence electrons. The number of ether oxygens (including phenoxy) is 1. The van der Waals surface area contributed by atoms with Crippen LogP contribution in [0.2, 0.25) is 0 Å². The number of nitrogens with one attached hydrogen (secondary N) is 1. The number of nitrogens with two attached hydrogens (primary N) is 1. The lowest BCUT2D eigenvalue weighted by Crippen LogP contribution is -2.25. The van der Waals surface area contributed by atoms with Gasteiger partial charge in [0, 0.05) is 25.8 Å². The zero-order valence-electron chi connectivity index (χ0n) is 11.1. The second-order valence-corrected chi connectivity index (χ2v) is 4.99. The molecule has 0 atom stereocenters. The standard InChI is InChI=1S/C12H22N4O/c1-9-10(13)15-8-16-11(9)14-7-12(2,3)5-6-17-4/h8H,5-7H2,1-4H3,(H3,13,14,15,16). The van der Waals surface area contributed by atoms with Gasteiger partial charge in [0.25, 0.3) is 0 Å². The molecule has 0 aromatic carbocycles. The molecule has 0 bridgehead atoms. The maximum Gasteiger partial charge on any atom is 0.134 e. The Morgan fingerprint density at radius 3 is 2.76 bits per heavy atom. The fraction of sp³-hybridized carbons (Fsp3) is 0.667. The van der Waals surface area contributed by atoms with Gasteiger partial charge < -0.3 is 15.8 Å². The number of nitrogens with zero attached hydrogens (tertiary/aromatic N) is 2. The van der Waals surface area contributed by atoms with Gasteiger partial charge in [-0.15, -0.1) is 0 Å². The summed E-state index contributed by atoms with van der Waals surface area (Å²) in [6.07, 6.45) is 2.48. The van der Waals surface area contributed by atoms with Gasteiger partial charge in [0.15, 0.2) is 0 Å². The first-order valence-electron chi connectivity index (χ1n) is 5.76. The Bertz CT molecular complexity index is 366. The summed E-state index contributed by atoms with van der Waals surface area (Å²) in [7, 11) is 1.72. The van der Waals surface area contributed by atoms with Crippen LogP contribution in [0.5, 0.6) is 0 Å². The summed E-state index contributed by atoms with van der Waals surface area (Å²) in [6, 6.07) is 0. The van der Waals surface area contributed by atoms with Gasteiger partial charge >= 0.3 is 0 Å². The van der Waals surface area contributed by atoms with Gasteiger partial charge in [-0.25, -0.2) is 9.97 Å². The normalized spacial score (nSPS) is 11.5. The van der Waals surface area contributed by atoms with Crippen molar-refractivity contribution in [2.24, 2.45) is 5.41 Å². The average molecular weight is 238 g/mol. The van der Waals surface area contributed by atoms with E-state index in [1.54, 1.807) is 7.11 Å². The third-order valence-corrected chi connectivity index (χ3v) is 2.84. The minimum Gasteiger partial charge on any atom is -0.385 e. The molecule has 17 heavy (non-hydrogen) atoms. The number of nitrogen functional groups attached to an aromatic ring is 1. The van der Waals surface area contributed by atoms with Crippen molar-refractivity contribution in [3.63, 3.8) is 0 Å². The van der Waals surface area contributed by atoms with Gasteiger partial charge in [0.05, 0.1) is 0 Å². The highest BCUT2D eigenvalue weighted by Gasteiger charge is 2.18. The molecule has 1 aromatic rings. The molecule has 1 rings (SSSR count). The predicted octanol–water partition coefficient (Wildman–Crippen LogP) is 1.84. The van der Waals surface area contributed by atoms with Gasteiger partial charge in [0.2, 0.25) is 0 Å². The Labute approximate surface area is 103 Å². The van der Waals surface area contributed by atoms with Crippen LogP contribution in [-0.4, -0.2) is 30.2 Å². The van der Waals surface area contributed by atoms with Crippen molar-refractivity contribution in [1.29, 1.82) is 0 Å². The maximum absolute atomic E-state index is 5.73. The van der Waals surface area contributed by atoms with E-state index in [0.717, 1.165) is 31.0 Å². The molecule has 0 unspecified atom stereocenters. The van der Waals surface area contributed by atoms with Crippen molar-refractivity contribution in [3.8, 4) is 0 Å². The fourth-order valence-electron chi connectivity index (χ4n) is 1.43. The molecular weight excluding hydrogens is 216 g/mol. The van der Waals surface area contributed by atoms with Crippen molar-refractivity contribution in [1.82, 2.24) is 9.97 Å².